The Morgan fingerprint density at radius 2 is 1.74 bits per heavy atom. The molecule has 0 radical (unpaired) electrons. The lowest BCUT2D eigenvalue weighted by Gasteiger charge is -2.01. The van der Waals surface area contributed by atoms with Crippen LogP contribution in [-0.4, -0.2) is 13.0 Å². The lowest BCUT2D eigenvalue weighted by molar-refractivity contribution is 0.596. The first-order valence-electron chi connectivity index (χ1n) is 6.61. The van der Waals surface area contributed by atoms with E-state index in [9.17, 15) is 8.42 Å². The number of sulfonamides is 1. The van der Waals surface area contributed by atoms with Gasteiger partial charge in [-0.2, -0.15) is 8.42 Å². The largest absolute Gasteiger partial charge is 0.319 e. The van der Waals surface area contributed by atoms with Crippen molar-refractivity contribution >= 4 is 54.8 Å². The molecule has 0 fully saturated rings. The molecule has 3 rings (SSSR count). The molecule has 4 nitrogen and oxygen atoms in total. The van der Waals surface area contributed by atoms with Crippen LogP contribution in [0.15, 0.2) is 45.7 Å². The summed E-state index contributed by atoms with van der Waals surface area (Å²) < 4.78 is 31.5. The van der Waals surface area contributed by atoms with E-state index in [1.165, 1.54) is 35.6 Å². The van der Waals surface area contributed by atoms with Crippen LogP contribution in [0.1, 0.15) is 5.56 Å². The Morgan fingerprint density at radius 3 is 2.35 bits per heavy atom. The van der Waals surface area contributed by atoms with Crippen LogP contribution >= 0.6 is 34.5 Å². The van der Waals surface area contributed by atoms with Gasteiger partial charge in [0.15, 0.2) is 0 Å². The third kappa shape index (κ3) is 3.04. The fourth-order valence-corrected chi connectivity index (χ4v) is 4.98. The molecule has 0 aliphatic rings. The summed E-state index contributed by atoms with van der Waals surface area (Å²) >= 11 is 13.3. The highest BCUT2D eigenvalue weighted by molar-refractivity contribution is 7.90. The Bertz CT molecular complexity index is 1070. The van der Waals surface area contributed by atoms with Gasteiger partial charge in [0.05, 0.1) is 20.1 Å². The first kappa shape index (κ1) is 16.5. The van der Waals surface area contributed by atoms with Crippen molar-refractivity contribution in [2.75, 3.05) is 0 Å². The van der Waals surface area contributed by atoms with Crippen LogP contribution in [0.25, 0.3) is 10.2 Å². The molecule has 1 heterocycles. The second-order valence-corrected chi connectivity index (χ2v) is 8.43. The van der Waals surface area contributed by atoms with Gasteiger partial charge >= 0.3 is 0 Å². The second-order valence-electron chi connectivity index (χ2n) is 5.01. The standard InChI is InChI=1S/C15H12Cl2N2O2S2/c1-9-3-8-12(17)14-13(9)19(2)15(22-14)18-23(20,21)11-6-4-10(16)5-7-11/h3-8H,1-2H3. The molecule has 2 aromatic carbocycles. The van der Waals surface area contributed by atoms with E-state index in [-0.39, 0.29) is 4.90 Å². The molecule has 0 spiro atoms. The van der Waals surface area contributed by atoms with Crippen molar-refractivity contribution in [1.82, 2.24) is 4.57 Å². The molecule has 0 bridgehead atoms. The quantitative estimate of drug-likeness (QED) is 0.664. The molecule has 0 atom stereocenters. The highest BCUT2D eigenvalue weighted by Gasteiger charge is 2.15. The van der Waals surface area contributed by atoms with Crippen LogP contribution in [0.4, 0.5) is 0 Å². The molecule has 120 valence electrons. The van der Waals surface area contributed by atoms with Gasteiger partial charge in [-0.1, -0.05) is 40.6 Å². The second kappa shape index (κ2) is 5.94. The lowest BCUT2D eigenvalue weighted by Crippen LogP contribution is -2.14. The number of thiazole rings is 1. The summed E-state index contributed by atoms with van der Waals surface area (Å²) in [6.07, 6.45) is 0. The normalized spacial score (nSPS) is 13.0. The van der Waals surface area contributed by atoms with Gasteiger partial charge in [0.1, 0.15) is 0 Å². The molecular weight excluding hydrogens is 375 g/mol. The first-order chi connectivity index (χ1) is 10.8. The van der Waals surface area contributed by atoms with E-state index in [0.29, 0.717) is 14.8 Å². The fourth-order valence-electron chi connectivity index (χ4n) is 2.26. The van der Waals surface area contributed by atoms with Crippen LogP contribution in [0.3, 0.4) is 0 Å². The van der Waals surface area contributed by atoms with Crippen LogP contribution < -0.4 is 4.80 Å². The molecule has 0 aliphatic heterocycles. The van der Waals surface area contributed by atoms with E-state index in [0.717, 1.165) is 15.8 Å². The molecule has 0 unspecified atom stereocenters. The average molecular weight is 387 g/mol. The zero-order valence-electron chi connectivity index (χ0n) is 12.2. The van der Waals surface area contributed by atoms with Crippen molar-refractivity contribution in [3.05, 3.63) is 56.8 Å². The molecule has 0 N–H and O–H groups in total. The number of benzene rings is 2. The molecular formula is C15H12Cl2N2O2S2. The van der Waals surface area contributed by atoms with Gasteiger partial charge in [-0.3, -0.25) is 0 Å². The van der Waals surface area contributed by atoms with Crippen LogP contribution in [-0.2, 0) is 17.1 Å². The highest BCUT2D eigenvalue weighted by Crippen LogP contribution is 2.28. The number of nitrogens with zero attached hydrogens (tertiary/aromatic N) is 2. The van der Waals surface area contributed by atoms with E-state index in [1.807, 2.05) is 13.0 Å². The van der Waals surface area contributed by atoms with Gasteiger partial charge < -0.3 is 4.57 Å². The zero-order chi connectivity index (χ0) is 16.8. The van der Waals surface area contributed by atoms with Crippen molar-refractivity contribution in [2.24, 2.45) is 11.4 Å². The molecule has 1 aromatic heterocycles. The molecule has 0 saturated heterocycles. The summed E-state index contributed by atoms with van der Waals surface area (Å²) in [5.41, 5.74) is 1.89. The van der Waals surface area contributed by atoms with Gasteiger partial charge in [0, 0.05) is 12.1 Å². The van der Waals surface area contributed by atoms with Gasteiger partial charge in [0.25, 0.3) is 10.0 Å². The highest BCUT2D eigenvalue weighted by atomic mass is 35.5. The third-order valence-corrected chi connectivity index (χ3v) is 6.65. The van der Waals surface area contributed by atoms with Gasteiger partial charge in [-0.25, -0.2) is 0 Å². The molecule has 0 saturated carbocycles. The van der Waals surface area contributed by atoms with Crippen LogP contribution in [0.5, 0.6) is 0 Å². The van der Waals surface area contributed by atoms with E-state index in [1.54, 1.807) is 17.7 Å². The van der Waals surface area contributed by atoms with Crippen molar-refractivity contribution in [2.45, 2.75) is 11.8 Å². The van der Waals surface area contributed by atoms with Crippen molar-refractivity contribution in [3.63, 3.8) is 0 Å². The molecule has 0 aliphatic carbocycles. The van der Waals surface area contributed by atoms with E-state index in [2.05, 4.69) is 4.40 Å². The Morgan fingerprint density at radius 1 is 1.09 bits per heavy atom. The third-order valence-electron chi connectivity index (χ3n) is 3.41. The molecule has 23 heavy (non-hydrogen) atoms. The van der Waals surface area contributed by atoms with E-state index >= 15 is 0 Å². The number of hydrogen-bond donors (Lipinski definition) is 0. The summed E-state index contributed by atoms with van der Waals surface area (Å²) in [6, 6.07) is 9.62. The minimum absolute atomic E-state index is 0.0992. The summed E-state index contributed by atoms with van der Waals surface area (Å²) in [7, 11) is -2.04. The maximum atomic E-state index is 12.5. The predicted octanol–water partition coefficient (Wildman–Crippen LogP) is 4.14. The monoisotopic (exact) mass is 386 g/mol. The maximum absolute atomic E-state index is 12.5. The fraction of sp³-hybridized carbons (Fsp3) is 0.133. The SMILES string of the molecule is Cc1ccc(Cl)c2sc(=NS(=O)(=O)c3ccc(Cl)cc3)n(C)c12. The number of halogens is 2. The Labute approximate surface area is 147 Å². The van der Waals surface area contributed by atoms with Crippen LogP contribution in [0.2, 0.25) is 10.0 Å². The molecule has 3 aromatic rings. The smallest absolute Gasteiger partial charge is 0.285 e. The summed E-state index contributed by atoms with van der Waals surface area (Å²) in [5.74, 6) is 0. The average Bonchev–Trinajstić information content (AvgIpc) is 2.81. The number of aromatic nitrogens is 1. The summed E-state index contributed by atoms with van der Waals surface area (Å²) in [4.78, 5) is 0.466. The van der Waals surface area contributed by atoms with Crippen molar-refractivity contribution < 1.29 is 8.42 Å². The summed E-state index contributed by atoms with van der Waals surface area (Å²) in [5, 5.41) is 1.05. The van der Waals surface area contributed by atoms with Gasteiger partial charge in [-0.15, -0.1) is 4.40 Å². The number of hydrogen-bond acceptors (Lipinski definition) is 3. The van der Waals surface area contributed by atoms with Crippen molar-refractivity contribution in [3.8, 4) is 0 Å². The lowest BCUT2D eigenvalue weighted by atomic mass is 10.2. The number of rotatable bonds is 2. The minimum Gasteiger partial charge on any atom is -0.319 e. The molecule has 0 amide bonds. The first-order valence-corrected chi connectivity index (χ1v) is 9.62. The van der Waals surface area contributed by atoms with Crippen molar-refractivity contribution in [1.29, 1.82) is 0 Å². The van der Waals surface area contributed by atoms with Gasteiger partial charge in [-0.05, 0) is 42.8 Å². The zero-order valence-corrected chi connectivity index (χ0v) is 15.4. The predicted molar refractivity (Wildman–Crippen MR) is 94.7 cm³/mol. The topological polar surface area (TPSA) is 51.4 Å². The Hall–Kier alpha value is -1.34. The Balaban J connectivity index is 2.26. The maximum Gasteiger partial charge on any atom is 0.285 e. The molecule has 8 heteroatoms. The van der Waals surface area contributed by atoms with Crippen LogP contribution in [0, 0.1) is 6.92 Å². The number of aryl methyl sites for hydroxylation is 2. The Kier molecular flexibility index (Phi) is 4.27. The summed E-state index contributed by atoms with van der Waals surface area (Å²) in [6.45, 7) is 1.95. The van der Waals surface area contributed by atoms with Gasteiger partial charge in [0.2, 0.25) is 4.80 Å². The van der Waals surface area contributed by atoms with E-state index in [4.69, 9.17) is 23.2 Å². The minimum atomic E-state index is -3.81. The number of fused-ring (bicyclic) bond motifs is 1. The van der Waals surface area contributed by atoms with E-state index < -0.39 is 10.0 Å².